The van der Waals surface area contributed by atoms with Gasteiger partial charge < -0.3 is 5.73 Å². The third-order valence-electron chi connectivity index (χ3n) is 3.09. The molecule has 0 spiro atoms. The highest BCUT2D eigenvalue weighted by Gasteiger charge is 2.22. The maximum Gasteiger partial charge on any atom is 0.123 e. The van der Waals surface area contributed by atoms with Gasteiger partial charge in [-0.05, 0) is 43.5 Å². The molecule has 0 saturated carbocycles. The molecule has 1 aromatic carbocycles. The summed E-state index contributed by atoms with van der Waals surface area (Å²) in [5.41, 5.74) is 7.81. The predicted molar refractivity (Wildman–Crippen MR) is 69.5 cm³/mol. The molecule has 0 radical (unpaired) electrons. The zero-order valence-corrected chi connectivity index (χ0v) is 10.7. The van der Waals surface area contributed by atoms with E-state index in [1.54, 1.807) is 12.1 Å². The summed E-state index contributed by atoms with van der Waals surface area (Å²) in [4.78, 5) is 0. The molecule has 0 aliphatic heterocycles. The summed E-state index contributed by atoms with van der Waals surface area (Å²) in [5.74, 6) is -0.242. The molecule has 2 aromatic rings. The Morgan fingerprint density at radius 1 is 1.33 bits per heavy atom. The number of aromatic nitrogens is 2. The smallest absolute Gasteiger partial charge is 0.123 e. The molecular weight excluding hydrogens is 229 g/mol. The van der Waals surface area contributed by atoms with Crippen LogP contribution in [0.4, 0.5) is 4.39 Å². The average molecular weight is 247 g/mol. The Hall–Kier alpha value is -1.68. The first-order valence-electron chi connectivity index (χ1n) is 6.07. The molecule has 0 aliphatic carbocycles. The molecule has 2 N–H and O–H groups in total. The van der Waals surface area contributed by atoms with E-state index in [2.05, 4.69) is 5.10 Å². The van der Waals surface area contributed by atoms with Gasteiger partial charge in [-0.15, -0.1) is 0 Å². The zero-order valence-electron chi connectivity index (χ0n) is 10.7. The van der Waals surface area contributed by atoms with E-state index in [1.807, 2.05) is 30.9 Å². The molecule has 4 heteroatoms. The van der Waals surface area contributed by atoms with Gasteiger partial charge >= 0.3 is 0 Å². The van der Waals surface area contributed by atoms with Crippen molar-refractivity contribution in [2.24, 2.45) is 5.73 Å². The molecule has 2 rings (SSSR count). The molecule has 3 nitrogen and oxygen atoms in total. The number of rotatable bonds is 4. The van der Waals surface area contributed by atoms with Crippen molar-refractivity contribution in [3.8, 4) is 0 Å². The molecule has 0 amide bonds. The first-order chi connectivity index (χ1) is 8.51. The Morgan fingerprint density at radius 2 is 2.00 bits per heavy atom. The van der Waals surface area contributed by atoms with Crippen molar-refractivity contribution in [3.63, 3.8) is 0 Å². The lowest BCUT2D eigenvalue weighted by molar-refractivity contribution is 0.489. The van der Waals surface area contributed by atoms with E-state index in [-0.39, 0.29) is 5.82 Å². The van der Waals surface area contributed by atoms with Crippen LogP contribution in [0.25, 0.3) is 0 Å². The van der Waals surface area contributed by atoms with E-state index in [4.69, 9.17) is 5.73 Å². The highest BCUT2D eigenvalue weighted by molar-refractivity contribution is 5.26. The van der Waals surface area contributed by atoms with E-state index < -0.39 is 5.54 Å². The first-order valence-corrected chi connectivity index (χ1v) is 6.07. The Labute approximate surface area is 106 Å². The number of nitrogens with two attached hydrogens (primary N) is 1. The molecular formula is C14H18FN3. The fourth-order valence-electron chi connectivity index (χ4n) is 2.03. The highest BCUT2D eigenvalue weighted by atomic mass is 19.1. The van der Waals surface area contributed by atoms with Gasteiger partial charge in [0, 0.05) is 18.3 Å². The Balaban J connectivity index is 2.18. The van der Waals surface area contributed by atoms with Gasteiger partial charge in [-0.25, -0.2) is 4.39 Å². The number of hydrogen-bond donors (Lipinski definition) is 1. The Kier molecular flexibility index (Phi) is 3.48. The van der Waals surface area contributed by atoms with Gasteiger partial charge in [-0.1, -0.05) is 12.1 Å². The van der Waals surface area contributed by atoms with Gasteiger partial charge in [0.25, 0.3) is 0 Å². The minimum Gasteiger partial charge on any atom is -0.321 e. The van der Waals surface area contributed by atoms with Gasteiger partial charge in [0.2, 0.25) is 0 Å². The van der Waals surface area contributed by atoms with Crippen LogP contribution in [0.5, 0.6) is 0 Å². The van der Waals surface area contributed by atoms with Crippen molar-refractivity contribution in [2.45, 2.75) is 32.4 Å². The predicted octanol–water partition coefficient (Wildman–Crippen LogP) is 2.46. The van der Waals surface area contributed by atoms with Crippen molar-refractivity contribution < 1.29 is 4.39 Å². The van der Waals surface area contributed by atoms with Crippen LogP contribution < -0.4 is 5.73 Å². The number of halogens is 1. The van der Waals surface area contributed by atoms with Crippen LogP contribution in [0.3, 0.4) is 0 Å². The minimum atomic E-state index is -0.519. The summed E-state index contributed by atoms with van der Waals surface area (Å²) in [5, 5.41) is 4.23. The maximum absolute atomic E-state index is 12.9. The van der Waals surface area contributed by atoms with Crippen molar-refractivity contribution in [1.29, 1.82) is 0 Å². The largest absolute Gasteiger partial charge is 0.321 e. The summed E-state index contributed by atoms with van der Waals surface area (Å²) in [6, 6.07) is 6.35. The average Bonchev–Trinajstić information content (AvgIpc) is 2.76. The molecule has 1 aromatic heterocycles. The second kappa shape index (κ2) is 4.90. The lowest BCUT2D eigenvalue weighted by Gasteiger charge is -2.24. The number of aryl methyl sites for hydroxylation is 1. The molecule has 1 atom stereocenters. The van der Waals surface area contributed by atoms with Crippen LogP contribution >= 0.6 is 0 Å². The fourth-order valence-corrected chi connectivity index (χ4v) is 2.03. The Bertz CT molecular complexity index is 514. The summed E-state index contributed by atoms with van der Waals surface area (Å²) in [6.45, 7) is 4.83. The molecule has 0 saturated heterocycles. The standard InChI is InChI=1S/C14H18FN3/c1-3-18-10-11(9-17-18)8-14(2,16)12-4-6-13(15)7-5-12/h4-7,9-10H,3,8,16H2,1-2H3. The normalized spacial score (nSPS) is 14.4. The summed E-state index contributed by atoms with van der Waals surface area (Å²) in [7, 11) is 0. The lowest BCUT2D eigenvalue weighted by Crippen LogP contribution is -2.35. The van der Waals surface area contributed by atoms with E-state index >= 15 is 0 Å². The summed E-state index contributed by atoms with van der Waals surface area (Å²) in [6.07, 6.45) is 4.51. The first kappa shape index (κ1) is 12.8. The zero-order chi connectivity index (χ0) is 13.2. The van der Waals surface area contributed by atoms with E-state index in [9.17, 15) is 4.39 Å². The quantitative estimate of drug-likeness (QED) is 0.902. The van der Waals surface area contributed by atoms with Crippen LogP contribution in [0.2, 0.25) is 0 Å². The van der Waals surface area contributed by atoms with Gasteiger partial charge in [-0.2, -0.15) is 5.10 Å². The van der Waals surface area contributed by atoms with Gasteiger partial charge in [-0.3, -0.25) is 4.68 Å². The van der Waals surface area contributed by atoms with Crippen molar-refractivity contribution in [2.75, 3.05) is 0 Å². The van der Waals surface area contributed by atoms with Gasteiger partial charge in [0.05, 0.1) is 6.20 Å². The van der Waals surface area contributed by atoms with Gasteiger partial charge in [0.1, 0.15) is 5.82 Å². The summed E-state index contributed by atoms with van der Waals surface area (Å²) >= 11 is 0. The van der Waals surface area contributed by atoms with Crippen molar-refractivity contribution in [1.82, 2.24) is 9.78 Å². The van der Waals surface area contributed by atoms with E-state index in [1.165, 1.54) is 12.1 Å². The van der Waals surface area contributed by atoms with Crippen LogP contribution in [0.15, 0.2) is 36.7 Å². The second-order valence-electron chi connectivity index (χ2n) is 4.81. The second-order valence-corrected chi connectivity index (χ2v) is 4.81. The highest BCUT2D eigenvalue weighted by Crippen LogP contribution is 2.22. The number of hydrogen-bond acceptors (Lipinski definition) is 2. The fraction of sp³-hybridized carbons (Fsp3) is 0.357. The van der Waals surface area contributed by atoms with Crippen LogP contribution in [-0.2, 0) is 18.5 Å². The molecule has 18 heavy (non-hydrogen) atoms. The topological polar surface area (TPSA) is 43.8 Å². The monoisotopic (exact) mass is 247 g/mol. The third-order valence-corrected chi connectivity index (χ3v) is 3.09. The maximum atomic E-state index is 12.9. The lowest BCUT2D eigenvalue weighted by atomic mass is 9.87. The number of benzene rings is 1. The molecule has 1 unspecified atom stereocenters. The molecule has 0 bridgehead atoms. The molecule has 1 heterocycles. The van der Waals surface area contributed by atoms with Crippen LogP contribution in [0.1, 0.15) is 25.0 Å². The molecule has 0 aliphatic rings. The van der Waals surface area contributed by atoms with E-state index in [0.717, 1.165) is 17.7 Å². The number of nitrogens with zero attached hydrogens (tertiary/aromatic N) is 2. The molecule has 0 fully saturated rings. The molecule has 96 valence electrons. The van der Waals surface area contributed by atoms with Crippen LogP contribution in [-0.4, -0.2) is 9.78 Å². The SMILES string of the molecule is CCn1cc(CC(C)(N)c2ccc(F)cc2)cn1. The third kappa shape index (κ3) is 2.76. The van der Waals surface area contributed by atoms with Crippen molar-refractivity contribution >= 4 is 0 Å². The van der Waals surface area contributed by atoms with Crippen LogP contribution in [0, 0.1) is 5.82 Å². The summed E-state index contributed by atoms with van der Waals surface area (Å²) < 4.78 is 14.8. The van der Waals surface area contributed by atoms with Gasteiger partial charge in [0.15, 0.2) is 0 Å². The van der Waals surface area contributed by atoms with E-state index in [0.29, 0.717) is 6.42 Å². The minimum absolute atomic E-state index is 0.242. The van der Waals surface area contributed by atoms with Crippen molar-refractivity contribution in [3.05, 3.63) is 53.6 Å². The Morgan fingerprint density at radius 3 is 2.56 bits per heavy atom.